The van der Waals surface area contributed by atoms with Crippen molar-refractivity contribution in [3.05, 3.63) is 5.89 Å². The monoisotopic (exact) mass is 297 g/mol. The predicted octanol–water partition coefficient (Wildman–Crippen LogP) is -0.234. The molecule has 1 aromatic heterocycles. The summed E-state index contributed by atoms with van der Waals surface area (Å²) in [6.45, 7) is 7.09. The molecule has 0 bridgehead atoms. The van der Waals surface area contributed by atoms with Crippen molar-refractivity contribution >= 4 is 11.9 Å². The molecule has 1 unspecified atom stereocenters. The van der Waals surface area contributed by atoms with Crippen LogP contribution < -0.4 is 15.5 Å². The highest BCUT2D eigenvalue weighted by molar-refractivity contribution is 5.84. The van der Waals surface area contributed by atoms with E-state index in [0.29, 0.717) is 44.1 Å². The van der Waals surface area contributed by atoms with E-state index in [1.165, 1.54) is 0 Å². The maximum atomic E-state index is 11.9. The first-order valence-corrected chi connectivity index (χ1v) is 7.21. The zero-order valence-electron chi connectivity index (χ0n) is 12.8. The Labute approximate surface area is 124 Å². The molecule has 0 spiro atoms. The van der Waals surface area contributed by atoms with Crippen LogP contribution in [0.3, 0.4) is 0 Å². The number of nitrogens with one attached hydrogen (secondary N) is 2. The first-order valence-electron chi connectivity index (χ1n) is 7.21. The predicted molar refractivity (Wildman–Crippen MR) is 76.9 cm³/mol. The molecule has 0 aromatic carbocycles. The molecule has 2 rings (SSSR count). The number of morpholine rings is 1. The number of hydrogen-bond donors (Lipinski definition) is 2. The summed E-state index contributed by atoms with van der Waals surface area (Å²) >= 11 is 0. The van der Waals surface area contributed by atoms with Crippen molar-refractivity contribution in [2.75, 3.05) is 38.3 Å². The van der Waals surface area contributed by atoms with Crippen molar-refractivity contribution in [2.24, 2.45) is 5.92 Å². The number of rotatable bonds is 6. The maximum absolute atomic E-state index is 11.9. The zero-order valence-corrected chi connectivity index (χ0v) is 12.8. The standard InChI is InChI=1S/C13H23N5O3/c1-9(2)6-15-7-11-16-17-13(21-11)18-4-5-20-8-10(18)12(19)14-3/h9-10,15H,4-8H2,1-3H3,(H,14,19). The van der Waals surface area contributed by atoms with Gasteiger partial charge in [-0.3, -0.25) is 4.79 Å². The topological polar surface area (TPSA) is 92.5 Å². The Hall–Kier alpha value is -1.67. The molecule has 118 valence electrons. The number of carbonyl (C=O) groups is 1. The van der Waals surface area contributed by atoms with Crippen molar-refractivity contribution in [3.63, 3.8) is 0 Å². The Morgan fingerprint density at radius 2 is 2.29 bits per heavy atom. The third-order valence-electron chi connectivity index (χ3n) is 3.21. The quantitative estimate of drug-likeness (QED) is 0.749. The molecule has 0 aliphatic carbocycles. The molecule has 1 fully saturated rings. The molecule has 2 heterocycles. The second-order valence-corrected chi connectivity index (χ2v) is 5.40. The van der Waals surface area contributed by atoms with Gasteiger partial charge in [-0.25, -0.2) is 0 Å². The Balaban J connectivity index is 1.99. The highest BCUT2D eigenvalue weighted by Gasteiger charge is 2.32. The number of amides is 1. The number of anilines is 1. The molecular formula is C13H23N5O3. The summed E-state index contributed by atoms with van der Waals surface area (Å²) in [4.78, 5) is 13.7. The van der Waals surface area contributed by atoms with Gasteiger partial charge in [0.25, 0.3) is 0 Å². The molecule has 1 atom stereocenters. The number of nitrogens with zero attached hydrogens (tertiary/aromatic N) is 3. The first-order chi connectivity index (χ1) is 10.1. The van der Waals surface area contributed by atoms with E-state index in [-0.39, 0.29) is 5.91 Å². The van der Waals surface area contributed by atoms with Crippen LogP contribution in [-0.2, 0) is 16.1 Å². The van der Waals surface area contributed by atoms with Crippen molar-refractivity contribution in [1.82, 2.24) is 20.8 Å². The molecule has 1 aromatic rings. The lowest BCUT2D eigenvalue weighted by molar-refractivity contribution is -0.124. The molecule has 1 aliphatic heterocycles. The number of likely N-dealkylation sites (N-methyl/N-ethyl adjacent to an activating group) is 1. The minimum atomic E-state index is -0.430. The Bertz CT molecular complexity index is 462. The summed E-state index contributed by atoms with van der Waals surface area (Å²) in [5.41, 5.74) is 0. The van der Waals surface area contributed by atoms with E-state index in [2.05, 4.69) is 34.7 Å². The van der Waals surface area contributed by atoms with Gasteiger partial charge in [-0.15, -0.1) is 5.10 Å². The van der Waals surface area contributed by atoms with Crippen LogP contribution in [0.25, 0.3) is 0 Å². The smallest absolute Gasteiger partial charge is 0.319 e. The average Bonchev–Trinajstić information content (AvgIpc) is 2.95. The third kappa shape index (κ3) is 4.15. The van der Waals surface area contributed by atoms with Gasteiger partial charge in [0.1, 0.15) is 6.04 Å². The van der Waals surface area contributed by atoms with Crippen LogP contribution in [0.15, 0.2) is 4.42 Å². The van der Waals surface area contributed by atoms with Gasteiger partial charge in [-0.1, -0.05) is 18.9 Å². The van der Waals surface area contributed by atoms with E-state index >= 15 is 0 Å². The van der Waals surface area contributed by atoms with Gasteiger partial charge in [0.05, 0.1) is 19.8 Å². The van der Waals surface area contributed by atoms with Crippen molar-refractivity contribution < 1.29 is 13.9 Å². The molecule has 21 heavy (non-hydrogen) atoms. The van der Waals surface area contributed by atoms with E-state index in [1.807, 2.05) is 0 Å². The summed E-state index contributed by atoms with van der Waals surface area (Å²) < 4.78 is 11.0. The van der Waals surface area contributed by atoms with Gasteiger partial charge in [-0.05, 0) is 12.5 Å². The van der Waals surface area contributed by atoms with Crippen molar-refractivity contribution in [3.8, 4) is 0 Å². The fourth-order valence-corrected chi connectivity index (χ4v) is 2.12. The Morgan fingerprint density at radius 1 is 1.48 bits per heavy atom. The molecule has 1 saturated heterocycles. The summed E-state index contributed by atoms with van der Waals surface area (Å²) in [5, 5.41) is 13.9. The van der Waals surface area contributed by atoms with Crippen LogP contribution >= 0.6 is 0 Å². The van der Waals surface area contributed by atoms with Crippen LogP contribution in [0.5, 0.6) is 0 Å². The highest BCUT2D eigenvalue weighted by atomic mass is 16.5. The van der Waals surface area contributed by atoms with Gasteiger partial charge >= 0.3 is 6.01 Å². The number of carbonyl (C=O) groups excluding carboxylic acids is 1. The number of aromatic nitrogens is 2. The second kappa shape index (κ2) is 7.37. The Morgan fingerprint density at radius 3 is 3.00 bits per heavy atom. The first kappa shape index (κ1) is 15.7. The molecule has 1 amide bonds. The lowest BCUT2D eigenvalue weighted by Gasteiger charge is -2.32. The SMILES string of the molecule is CNC(=O)C1COCCN1c1nnc(CNCC(C)C)o1. The van der Waals surface area contributed by atoms with Gasteiger partial charge in [-0.2, -0.15) is 0 Å². The second-order valence-electron chi connectivity index (χ2n) is 5.40. The normalized spacial score (nSPS) is 19.0. The maximum Gasteiger partial charge on any atom is 0.319 e. The van der Waals surface area contributed by atoms with E-state index < -0.39 is 6.04 Å². The third-order valence-corrected chi connectivity index (χ3v) is 3.21. The molecule has 0 saturated carbocycles. The summed E-state index contributed by atoms with van der Waals surface area (Å²) in [6, 6.07) is -0.0612. The number of ether oxygens (including phenoxy) is 1. The van der Waals surface area contributed by atoms with Crippen LogP contribution in [0, 0.1) is 5.92 Å². The molecule has 8 heteroatoms. The van der Waals surface area contributed by atoms with E-state index in [1.54, 1.807) is 11.9 Å². The molecule has 8 nitrogen and oxygen atoms in total. The van der Waals surface area contributed by atoms with Crippen molar-refractivity contribution in [1.29, 1.82) is 0 Å². The molecule has 1 aliphatic rings. The summed E-state index contributed by atoms with van der Waals surface area (Å²) in [7, 11) is 1.60. The summed E-state index contributed by atoms with van der Waals surface area (Å²) in [5.74, 6) is 0.962. The van der Waals surface area contributed by atoms with Gasteiger partial charge in [0.15, 0.2) is 0 Å². The minimum Gasteiger partial charge on any atom is -0.407 e. The minimum absolute atomic E-state index is 0.118. The molecule has 0 radical (unpaired) electrons. The van der Waals surface area contributed by atoms with E-state index in [4.69, 9.17) is 9.15 Å². The molecular weight excluding hydrogens is 274 g/mol. The fourth-order valence-electron chi connectivity index (χ4n) is 2.12. The number of hydrogen-bond acceptors (Lipinski definition) is 7. The van der Waals surface area contributed by atoms with E-state index in [9.17, 15) is 4.79 Å². The highest BCUT2D eigenvalue weighted by Crippen LogP contribution is 2.18. The van der Waals surface area contributed by atoms with E-state index in [0.717, 1.165) is 6.54 Å². The lowest BCUT2D eigenvalue weighted by Crippen LogP contribution is -2.53. The van der Waals surface area contributed by atoms with Crippen LogP contribution in [-0.4, -0.2) is 55.5 Å². The largest absolute Gasteiger partial charge is 0.407 e. The summed E-state index contributed by atoms with van der Waals surface area (Å²) in [6.07, 6.45) is 0. The Kier molecular flexibility index (Phi) is 5.51. The van der Waals surface area contributed by atoms with Gasteiger partial charge < -0.3 is 24.7 Å². The van der Waals surface area contributed by atoms with Gasteiger partial charge in [0.2, 0.25) is 11.8 Å². The van der Waals surface area contributed by atoms with Crippen LogP contribution in [0.4, 0.5) is 6.01 Å². The van der Waals surface area contributed by atoms with Crippen LogP contribution in [0.2, 0.25) is 0 Å². The van der Waals surface area contributed by atoms with Crippen LogP contribution in [0.1, 0.15) is 19.7 Å². The zero-order chi connectivity index (χ0) is 15.2. The average molecular weight is 297 g/mol. The molecule has 2 N–H and O–H groups in total. The van der Waals surface area contributed by atoms with Crippen molar-refractivity contribution in [2.45, 2.75) is 26.4 Å². The van der Waals surface area contributed by atoms with Gasteiger partial charge in [0, 0.05) is 13.6 Å². The lowest BCUT2D eigenvalue weighted by atomic mass is 10.2. The fraction of sp³-hybridized carbons (Fsp3) is 0.769.